The third-order valence-corrected chi connectivity index (χ3v) is 5.89. The van der Waals surface area contributed by atoms with E-state index in [0.29, 0.717) is 35.1 Å². The van der Waals surface area contributed by atoms with E-state index in [9.17, 15) is 4.79 Å². The van der Waals surface area contributed by atoms with Crippen LogP contribution in [0.25, 0.3) is 28.4 Å². The van der Waals surface area contributed by atoms with E-state index in [1.54, 1.807) is 24.4 Å². The molecule has 1 aliphatic rings. The molecule has 5 rings (SSSR count). The number of hydrogen-bond acceptors (Lipinski definition) is 7. The summed E-state index contributed by atoms with van der Waals surface area (Å²) in [7, 11) is 0. The van der Waals surface area contributed by atoms with Gasteiger partial charge in [0.25, 0.3) is 5.91 Å². The van der Waals surface area contributed by atoms with Gasteiger partial charge in [-0.25, -0.2) is 15.0 Å². The van der Waals surface area contributed by atoms with Gasteiger partial charge < -0.3 is 16.4 Å². The van der Waals surface area contributed by atoms with Crippen LogP contribution in [-0.4, -0.2) is 49.9 Å². The molecule has 9 heteroatoms. The average Bonchev–Trinajstić information content (AvgIpc) is 3.22. The summed E-state index contributed by atoms with van der Waals surface area (Å²) < 4.78 is 1.91. The number of nitrogens with one attached hydrogen (secondary N) is 2. The minimum atomic E-state index is -0.103. The maximum Gasteiger partial charge on any atom is 0.251 e. The van der Waals surface area contributed by atoms with Crippen LogP contribution in [0.5, 0.6) is 0 Å². The number of nitrogens with zero attached hydrogens (tertiary/aromatic N) is 5. The van der Waals surface area contributed by atoms with Crippen molar-refractivity contribution in [2.24, 2.45) is 5.92 Å². The zero-order valence-corrected chi connectivity index (χ0v) is 18.5. The first-order valence-corrected chi connectivity index (χ1v) is 11.1. The Kier molecular flexibility index (Phi) is 5.70. The van der Waals surface area contributed by atoms with Gasteiger partial charge in [-0.2, -0.15) is 0 Å². The molecule has 1 amide bonds. The summed E-state index contributed by atoms with van der Waals surface area (Å²) in [4.78, 5) is 30.7. The monoisotopic (exact) mass is 442 g/mol. The van der Waals surface area contributed by atoms with Crippen molar-refractivity contribution in [3.8, 4) is 22.8 Å². The number of carbonyl (C=O) groups excluding carboxylic acids is 1. The van der Waals surface area contributed by atoms with E-state index in [0.717, 1.165) is 43.0 Å². The van der Waals surface area contributed by atoms with Crippen LogP contribution in [0.4, 0.5) is 5.95 Å². The molecular weight excluding hydrogens is 416 g/mol. The van der Waals surface area contributed by atoms with Crippen molar-refractivity contribution in [2.45, 2.75) is 19.8 Å². The van der Waals surface area contributed by atoms with Crippen molar-refractivity contribution in [1.82, 2.24) is 35.0 Å². The molecule has 4 N–H and O–H groups in total. The van der Waals surface area contributed by atoms with Crippen molar-refractivity contribution in [3.05, 3.63) is 60.0 Å². The Morgan fingerprint density at radius 1 is 1.21 bits per heavy atom. The van der Waals surface area contributed by atoms with E-state index in [1.165, 1.54) is 0 Å². The van der Waals surface area contributed by atoms with Crippen LogP contribution in [0.3, 0.4) is 0 Å². The van der Waals surface area contributed by atoms with Crippen LogP contribution < -0.4 is 16.4 Å². The summed E-state index contributed by atoms with van der Waals surface area (Å²) in [5.74, 6) is 0.541. The van der Waals surface area contributed by atoms with E-state index >= 15 is 0 Å². The maximum absolute atomic E-state index is 12.8. The van der Waals surface area contributed by atoms with Crippen molar-refractivity contribution in [2.75, 3.05) is 25.4 Å². The summed E-state index contributed by atoms with van der Waals surface area (Å²) >= 11 is 0. The van der Waals surface area contributed by atoms with Gasteiger partial charge in [0, 0.05) is 30.2 Å². The molecule has 0 radical (unpaired) electrons. The van der Waals surface area contributed by atoms with Gasteiger partial charge >= 0.3 is 0 Å². The second kappa shape index (κ2) is 8.95. The van der Waals surface area contributed by atoms with Crippen LogP contribution in [0.1, 0.15) is 28.9 Å². The number of nitrogen functional groups attached to an aromatic ring is 1. The smallest absolute Gasteiger partial charge is 0.251 e. The Labute approximate surface area is 191 Å². The molecular formula is C24H26N8O. The van der Waals surface area contributed by atoms with E-state index < -0.39 is 0 Å². The van der Waals surface area contributed by atoms with Gasteiger partial charge in [-0.15, -0.1) is 0 Å². The van der Waals surface area contributed by atoms with Gasteiger partial charge in [-0.05, 0) is 69.1 Å². The Balaban J connectivity index is 1.53. The molecule has 168 valence electrons. The zero-order chi connectivity index (χ0) is 22.8. The minimum Gasteiger partial charge on any atom is -0.368 e. The SMILES string of the molecule is Cc1cccc(-c2nc3cc(C(=O)NCC4CCCNC4)ccn3c2-c2ccnc(N)n2)n1. The molecule has 0 aromatic carbocycles. The number of amides is 1. The highest BCUT2D eigenvalue weighted by Crippen LogP contribution is 2.31. The van der Waals surface area contributed by atoms with Gasteiger partial charge in [0.05, 0.1) is 11.4 Å². The van der Waals surface area contributed by atoms with Gasteiger partial charge in [0.15, 0.2) is 0 Å². The minimum absolute atomic E-state index is 0.103. The Hall–Kier alpha value is -3.85. The molecule has 1 aliphatic heterocycles. The lowest BCUT2D eigenvalue weighted by Gasteiger charge is -2.22. The Morgan fingerprint density at radius 2 is 2.12 bits per heavy atom. The first kappa shape index (κ1) is 21.0. The summed E-state index contributed by atoms with van der Waals surface area (Å²) in [6.07, 6.45) is 5.73. The predicted octanol–water partition coefficient (Wildman–Crippen LogP) is 2.47. The van der Waals surface area contributed by atoms with Crippen molar-refractivity contribution in [1.29, 1.82) is 0 Å². The standard InChI is InChI=1S/C24H26N8O/c1-15-4-2-6-18(29-15)21-22(19-7-10-27-24(25)30-19)32-11-8-17(12-20(32)31-21)23(33)28-14-16-5-3-9-26-13-16/h2,4,6-8,10-12,16,26H,3,5,9,13-14H2,1H3,(H,28,33)(H2,25,27,30). The number of rotatable bonds is 5. The molecule has 0 aliphatic carbocycles. The number of nitrogens with two attached hydrogens (primary N) is 1. The zero-order valence-electron chi connectivity index (χ0n) is 18.5. The Morgan fingerprint density at radius 3 is 2.91 bits per heavy atom. The molecule has 1 saturated heterocycles. The number of fused-ring (bicyclic) bond motifs is 1. The summed E-state index contributed by atoms with van der Waals surface area (Å²) in [6.45, 7) is 4.60. The second-order valence-electron chi connectivity index (χ2n) is 8.34. The number of hydrogen-bond donors (Lipinski definition) is 3. The first-order valence-electron chi connectivity index (χ1n) is 11.1. The second-order valence-corrected chi connectivity index (χ2v) is 8.34. The third kappa shape index (κ3) is 4.40. The molecule has 33 heavy (non-hydrogen) atoms. The maximum atomic E-state index is 12.8. The molecule has 0 spiro atoms. The summed E-state index contributed by atoms with van der Waals surface area (Å²) in [5, 5.41) is 6.45. The van der Waals surface area contributed by atoms with E-state index in [2.05, 4.69) is 25.6 Å². The van der Waals surface area contributed by atoms with E-state index in [1.807, 2.05) is 35.7 Å². The molecule has 0 saturated carbocycles. The molecule has 4 aromatic rings. The highest BCUT2D eigenvalue weighted by molar-refractivity contribution is 5.95. The number of imidazole rings is 1. The summed E-state index contributed by atoms with van der Waals surface area (Å²) in [5.41, 5.74) is 10.7. The van der Waals surface area contributed by atoms with Crippen LogP contribution in [0.2, 0.25) is 0 Å². The van der Waals surface area contributed by atoms with Gasteiger partial charge in [-0.3, -0.25) is 14.2 Å². The normalized spacial score (nSPS) is 16.1. The number of carbonyl (C=O) groups is 1. The lowest BCUT2D eigenvalue weighted by molar-refractivity contribution is 0.0945. The van der Waals surface area contributed by atoms with Crippen LogP contribution in [-0.2, 0) is 0 Å². The Bertz CT molecular complexity index is 1310. The predicted molar refractivity (Wildman–Crippen MR) is 127 cm³/mol. The molecule has 1 unspecified atom stereocenters. The van der Waals surface area contributed by atoms with Crippen molar-refractivity contribution < 1.29 is 4.79 Å². The summed E-state index contributed by atoms with van der Waals surface area (Å²) in [6, 6.07) is 11.2. The molecule has 9 nitrogen and oxygen atoms in total. The van der Waals surface area contributed by atoms with Crippen LogP contribution in [0, 0.1) is 12.8 Å². The fourth-order valence-corrected chi connectivity index (χ4v) is 4.23. The lowest BCUT2D eigenvalue weighted by Crippen LogP contribution is -2.38. The van der Waals surface area contributed by atoms with E-state index in [-0.39, 0.29) is 11.9 Å². The number of piperidine rings is 1. The van der Waals surface area contributed by atoms with Gasteiger partial charge in [0.2, 0.25) is 5.95 Å². The average molecular weight is 443 g/mol. The number of aromatic nitrogens is 5. The van der Waals surface area contributed by atoms with Crippen LogP contribution >= 0.6 is 0 Å². The molecule has 1 fully saturated rings. The molecule has 1 atom stereocenters. The molecule has 4 aromatic heterocycles. The number of aryl methyl sites for hydroxylation is 1. The third-order valence-electron chi connectivity index (χ3n) is 5.89. The van der Waals surface area contributed by atoms with Crippen LogP contribution in [0.15, 0.2) is 48.8 Å². The van der Waals surface area contributed by atoms with Gasteiger partial charge in [-0.1, -0.05) is 6.07 Å². The largest absolute Gasteiger partial charge is 0.368 e. The van der Waals surface area contributed by atoms with Gasteiger partial charge in [0.1, 0.15) is 17.0 Å². The van der Waals surface area contributed by atoms with E-state index in [4.69, 9.17) is 10.7 Å². The van der Waals surface area contributed by atoms with Crippen molar-refractivity contribution in [3.63, 3.8) is 0 Å². The number of pyridine rings is 2. The molecule has 0 bridgehead atoms. The highest BCUT2D eigenvalue weighted by atomic mass is 16.1. The van der Waals surface area contributed by atoms with Crippen molar-refractivity contribution >= 4 is 17.5 Å². The molecule has 5 heterocycles. The topological polar surface area (TPSA) is 123 Å². The fraction of sp³-hybridized carbons (Fsp3) is 0.292. The quantitative estimate of drug-likeness (QED) is 0.434. The number of anilines is 1. The first-order chi connectivity index (χ1) is 16.1. The highest BCUT2D eigenvalue weighted by Gasteiger charge is 2.20. The lowest BCUT2D eigenvalue weighted by atomic mass is 10.00. The fourth-order valence-electron chi connectivity index (χ4n) is 4.23.